The van der Waals surface area contributed by atoms with Gasteiger partial charge in [0, 0.05) is 35.3 Å². The quantitative estimate of drug-likeness (QED) is 0.286. The molecular formula is C32H31FN4O2. The number of carbonyl (C=O) groups is 1. The lowest BCUT2D eigenvalue weighted by atomic mass is 9.74. The number of nitriles is 1. The molecule has 3 aromatic carbocycles. The molecule has 198 valence electrons. The van der Waals surface area contributed by atoms with Crippen molar-refractivity contribution in [1.82, 2.24) is 4.98 Å². The van der Waals surface area contributed by atoms with E-state index in [0.29, 0.717) is 53.9 Å². The van der Waals surface area contributed by atoms with Gasteiger partial charge < -0.3 is 15.3 Å². The van der Waals surface area contributed by atoms with E-state index in [1.807, 2.05) is 56.3 Å². The summed E-state index contributed by atoms with van der Waals surface area (Å²) >= 11 is 0. The summed E-state index contributed by atoms with van der Waals surface area (Å²) in [6, 6.07) is 22.6. The van der Waals surface area contributed by atoms with E-state index in [0.717, 1.165) is 16.7 Å². The number of aromatic carboxylic acids is 1. The van der Waals surface area contributed by atoms with Crippen LogP contribution in [0.15, 0.2) is 66.7 Å². The van der Waals surface area contributed by atoms with Gasteiger partial charge in [-0.3, -0.25) is 0 Å². The number of hydrogen-bond acceptors (Lipinski definition) is 5. The number of para-hydroxylation sites is 1. The zero-order chi connectivity index (χ0) is 27.7. The molecule has 39 heavy (non-hydrogen) atoms. The number of halogens is 1. The van der Waals surface area contributed by atoms with Crippen molar-refractivity contribution in [3.8, 4) is 6.07 Å². The second-order valence-electron chi connectivity index (χ2n) is 10.4. The number of piperidine rings is 1. The lowest BCUT2D eigenvalue weighted by Crippen LogP contribution is -2.42. The highest BCUT2D eigenvalue weighted by molar-refractivity contribution is 5.94. The normalized spacial score (nSPS) is 15.5. The number of fused-ring (bicyclic) bond motifs is 1. The van der Waals surface area contributed by atoms with E-state index in [4.69, 9.17) is 4.98 Å². The van der Waals surface area contributed by atoms with Crippen LogP contribution < -0.4 is 10.2 Å². The van der Waals surface area contributed by atoms with E-state index in [1.54, 1.807) is 31.2 Å². The third-order valence-corrected chi connectivity index (χ3v) is 7.86. The molecule has 1 atom stereocenters. The van der Waals surface area contributed by atoms with Crippen LogP contribution in [0, 0.1) is 31.0 Å². The summed E-state index contributed by atoms with van der Waals surface area (Å²) in [5.74, 6) is -0.739. The van der Waals surface area contributed by atoms with Crippen molar-refractivity contribution in [1.29, 1.82) is 5.26 Å². The molecule has 0 spiro atoms. The van der Waals surface area contributed by atoms with E-state index >= 15 is 4.39 Å². The number of carboxylic acids is 1. The largest absolute Gasteiger partial charge is 0.478 e. The molecule has 1 fully saturated rings. The molecule has 2 heterocycles. The van der Waals surface area contributed by atoms with Crippen LogP contribution in [0.5, 0.6) is 0 Å². The Bertz CT molecular complexity index is 1590. The summed E-state index contributed by atoms with van der Waals surface area (Å²) < 4.78 is 15.9. The van der Waals surface area contributed by atoms with Gasteiger partial charge in [-0.2, -0.15) is 5.26 Å². The summed E-state index contributed by atoms with van der Waals surface area (Å²) in [5.41, 5.74) is 3.82. The number of pyridine rings is 1. The van der Waals surface area contributed by atoms with Crippen molar-refractivity contribution in [3.63, 3.8) is 0 Å². The maximum atomic E-state index is 15.9. The zero-order valence-corrected chi connectivity index (χ0v) is 22.3. The average molecular weight is 523 g/mol. The van der Waals surface area contributed by atoms with Gasteiger partial charge in [0.15, 0.2) is 0 Å². The molecule has 6 nitrogen and oxygen atoms in total. The third kappa shape index (κ3) is 4.79. The highest BCUT2D eigenvalue weighted by Gasteiger charge is 2.37. The Morgan fingerprint density at radius 1 is 1.10 bits per heavy atom. The lowest BCUT2D eigenvalue weighted by Gasteiger charge is -2.39. The summed E-state index contributed by atoms with van der Waals surface area (Å²) in [5, 5.41) is 23.5. The lowest BCUT2D eigenvalue weighted by molar-refractivity contribution is 0.0698. The summed E-state index contributed by atoms with van der Waals surface area (Å²) in [6.07, 6.45) is 1.25. The first-order valence-corrected chi connectivity index (χ1v) is 13.1. The van der Waals surface area contributed by atoms with Gasteiger partial charge in [-0.25, -0.2) is 14.2 Å². The zero-order valence-electron chi connectivity index (χ0n) is 22.3. The Morgan fingerprint density at radius 3 is 2.44 bits per heavy atom. The minimum absolute atomic E-state index is 0.171. The van der Waals surface area contributed by atoms with Gasteiger partial charge in [0.2, 0.25) is 0 Å². The Kier molecular flexibility index (Phi) is 6.96. The van der Waals surface area contributed by atoms with Crippen LogP contribution in [0.25, 0.3) is 10.9 Å². The van der Waals surface area contributed by atoms with Gasteiger partial charge in [-0.1, -0.05) is 48.5 Å². The van der Waals surface area contributed by atoms with Crippen molar-refractivity contribution < 1.29 is 14.3 Å². The molecule has 1 aliphatic heterocycles. The van der Waals surface area contributed by atoms with Crippen molar-refractivity contribution in [2.75, 3.05) is 23.3 Å². The molecular weight excluding hydrogens is 491 g/mol. The smallest absolute Gasteiger partial charge is 0.337 e. The number of aromatic nitrogens is 1. The number of benzene rings is 3. The van der Waals surface area contributed by atoms with Crippen molar-refractivity contribution in [3.05, 3.63) is 100 Å². The van der Waals surface area contributed by atoms with Gasteiger partial charge in [-0.05, 0) is 62.9 Å². The van der Waals surface area contributed by atoms with Crippen LogP contribution >= 0.6 is 0 Å². The first-order chi connectivity index (χ1) is 18.7. The van der Waals surface area contributed by atoms with Crippen LogP contribution in [0.4, 0.5) is 15.9 Å². The van der Waals surface area contributed by atoms with Gasteiger partial charge >= 0.3 is 5.97 Å². The molecule has 0 aliphatic carbocycles. The number of nitrogens with zero attached hydrogens (tertiary/aromatic N) is 3. The summed E-state index contributed by atoms with van der Waals surface area (Å²) in [7, 11) is 0. The molecule has 0 bridgehead atoms. The SMILES string of the molecule is Cc1cc([C@@H](C)Nc2ccccc2C(=O)O)c2nc(N3CCC(C#N)(c4ccccc4)CC3)c(C)c(F)c2c1. The number of aryl methyl sites for hydroxylation is 1. The second-order valence-corrected chi connectivity index (χ2v) is 10.4. The van der Waals surface area contributed by atoms with E-state index < -0.39 is 11.4 Å². The fraction of sp³-hybridized carbons (Fsp3) is 0.281. The number of nitrogens with one attached hydrogen (secondary N) is 1. The van der Waals surface area contributed by atoms with E-state index in [9.17, 15) is 15.2 Å². The van der Waals surface area contributed by atoms with Crippen molar-refractivity contribution in [2.45, 2.75) is 45.1 Å². The number of hydrogen-bond donors (Lipinski definition) is 2. The van der Waals surface area contributed by atoms with Gasteiger partial charge in [-0.15, -0.1) is 0 Å². The number of rotatable bonds is 6. The highest BCUT2D eigenvalue weighted by atomic mass is 19.1. The van der Waals surface area contributed by atoms with Gasteiger partial charge in [0.05, 0.1) is 28.6 Å². The topological polar surface area (TPSA) is 89.2 Å². The Labute approximate surface area is 227 Å². The first-order valence-electron chi connectivity index (χ1n) is 13.1. The molecule has 4 aromatic rings. The van der Waals surface area contributed by atoms with Crippen molar-refractivity contribution >= 4 is 28.4 Å². The molecule has 0 unspecified atom stereocenters. The molecule has 1 saturated heterocycles. The standard InChI is InChI=1S/C32H31FN4O2/c1-20-17-25(22(3)35-27-12-8-7-11-24(27)31(38)39)29-26(18-20)28(33)21(2)30(36-29)37-15-13-32(19-34,14-16-37)23-9-5-4-6-10-23/h4-12,17-18,22,35H,13-16H2,1-3H3,(H,38,39)/t22-/m1/s1. The highest BCUT2D eigenvalue weighted by Crippen LogP contribution is 2.39. The van der Waals surface area contributed by atoms with Crippen LogP contribution in [0.3, 0.4) is 0 Å². The molecule has 1 aliphatic rings. The molecule has 0 amide bonds. The van der Waals surface area contributed by atoms with Crippen LogP contribution in [0.1, 0.15) is 58.4 Å². The molecule has 1 aromatic heterocycles. The second kappa shape index (κ2) is 10.4. The summed E-state index contributed by atoms with van der Waals surface area (Å²) in [6.45, 7) is 6.77. The Balaban J connectivity index is 1.52. The average Bonchev–Trinajstić information content (AvgIpc) is 2.95. The van der Waals surface area contributed by atoms with E-state index in [1.165, 1.54) is 0 Å². The van der Waals surface area contributed by atoms with E-state index in [-0.39, 0.29) is 17.4 Å². The third-order valence-electron chi connectivity index (χ3n) is 7.86. The predicted molar refractivity (Wildman–Crippen MR) is 152 cm³/mol. The fourth-order valence-electron chi connectivity index (χ4n) is 5.66. The predicted octanol–water partition coefficient (Wildman–Crippen LogP) is 6.92. The molecule has 0 saturated carbocycles. The Hall–Kier alpha value is -4.44. The fourth-order valence-corrected chi connectivity index (χ4v) is 5.66. The minimum Gasteiger partial charge on any atom is -0.478 e. The number of carboxylic acid groups (broad SMARTS) is 1. The molecule has 7 heteroatoms. The first kappa shape index (κ1) is 26.2. The van der Waals surface area contributed by atoms with E-state index in [2.05, 4.69) is 16.3 Å². The summed E-state index contributed by atoms with van der Waals surface area (Å²) in [4.78, 5) is 18.8. The molecule has 5 rings (SSSR count). The van der Waals surface area contributed by atoms with Crippen LogP contribution in [-0.2, 0) is 5.41 Å². The minimum atomic E-state index is -1.02. The Morgan fingerprint density at radius 2 is 1.77 bits per heavy atom. The van der Waals surface area contributed by atoms with Crippen LogP contribution in [0.2, 0.25) is 0 Å². The van der Waals surface area contributed by atoms with Gasteiger partial charge in [0.25, 0.3) is 0 Å². The van der Waals surface area contributed by atoms with Crippen LogP contribution in [-0.4, -0.2) is 29.1 Å². The molecule has 2 N–H and O–H groups in total. The monoisotopic (exact) mass is 522 g/mol. The number of anilines is 2. The van der Waals surface area contributed by atoms with Crippen molar-refractivity contribution in [2.24, 2.45) is 0 Å². The maximum Gasteiger partial charge on any atom is 0.337 e. The maximum absolute atomic E-state index is 15.9. The van der Waals surface area contributed by atoms with Gasteiger partial charge in [0.1, 0.15) is 11.6 Å². The molecule has 0 radical (unpaired) electrons.